The number of benzene rings is 2. The lowest BCUT2D eigenvalue weighted by Gasteiger charge is -2.07. The molecule has 28 heavy (non-hydrogen) atoms. The number of methoxy groups -OCH3 is 2. The molecule has 1 saturated heterocycles. The minimum absolute atomic E-state index is 0.151. The van der Waals surface area contributed by atoms with Gasteiger partial charge in [0.05, 0.1) is 35.4 Å². The van der Waals surface area contributed by atoms with E-state index < -0.39 is 5.97 Å². The van der Waals surface area contributed by atoms with Gasteiger partial charge in [0.15, 0.2) is 5.17 Å². The van der Waals surface area contributed by atoms with Gasteiger partial charge in [-0.25, -0.2) is 9.79 Å². The molecule has 6 nitrogen and oxygen atoms in total. The fourth-order valence-electron chi connectivity index (χ4n) is 2.48. The predicted molar refractivity (Wildman–Crippen MR) is 111 cm³/mol. The summed E-state index contributed by atoms with van der Waals surface area (Å²) in [6.07, 6.45) is 1.76. The Labute approximate surface area is 171 Å². The molecule has 0 atom stereocenters. The van der Waals surface area contributed by atoms with Gasteiger partial charge in [-0.05, 0) is 59.8 Å². The minimum Gasteiger partial charge on any atom is -0.495 e. The number of aliphatic imine (C=N–C) groups is 1. The summed E-state index contributed by atoms with van der Waals surface area (Å²) >= 11 is 7.42. The Bertz CT molecular complexity index is 986. The number of thioether (sulfide) groups is 1. The number of amidine groups is 1. The molecule has 0 saturated carbocycles. The van der Waals surface area contributed by atoms with Gasteiger partial charge in [-0.2, -0.15) is 0 Å². The van der Waals surface area contributed by atoms with Crippen LogP contribution in [0.5, 0.6) is 5.75 Å². The third-order valence-corrected chi connectivity index (χ3v) is 5.35. The third kappa shape index (κ3) is 4.21. The van der Waals surface area contributed by atoms with Crippen molar-refractivity contribution in [1.82, 2.24) is 4.90 Å². The molecule has 3 rings (SSSR count). The molecule has 0 aromatic heterocycles. The molecule has 1 aliphatic rings. The summed E-state index contributed by atoms with van der Waals surface area (Å²) in [7, 11) is 4.54. The molecule has 144 valence electrons. The first-order valence-electron chi connectivity index (χ1n) is 8.21. The Hall–Kier alpha value is -2.77. The second-order valence-electron chi connectivity index (χ2n) is 5.80. The monoisotopic (exact) mass is 416 g/mol. The minimum atomic E-state index is -0.412. The second-order valence-corrected chi connectivity index (χ2v) is 7.22. The number of halogens is 1. The van der Waals surface area contributed by atoms with Gasteiger partial charge in [0.25, 0.3) is 5.91 Å². The molecule has 1 amide bonds. The molecule has 0 spiro atoms. The van der Waals surface area contributed by atoms with Crippen LogP contribution in [0, 0.1) is 0 Å². The molecule has 0 bridgehead atoms. The van der Waals surface area contributed by atoms with Crippen molar-refractivity contribution < 1.29 is 19.1 Å². The van der Waals surface area contributed by atoms with Crippen LogP contribution in [-0.4, -0.2) is 43.2 Å². The van der Waals surface area contributed by atoms with E-state index >= 15 is 0 Å². The lowest BCUT2D eigenvalue weighted by atomic mass is 10.2. The first kappa shape index (κ1) is 20.0. The Kier molecular flexibility index (Phi) is 6.06. The topological polar surface area (TPSA) is 68.2 Å². The molecule has 0 unspecified atom stereocenters. The van der Waals surface area contributed by atoms with E-state index in [0.717, 1.165) is 5.56 Å². The number of ether oxygens (including phenoxy) is 2. The summed E-state index contributed by atoms with van der Waals surface area (Å²) in [4.78, 5) is 30.6. The van der Waals surface area contributed by atoms with Crippen molar-refractivity contribution in [2.45, 2.75) is 0 Å². The van der Waals surface area contributed by atoms with Gasteiger partial charge in [-0.1, -0.05) is 17.7 Å². The molecule has 2 aromatic carbocycles. The number of amides is 1. The first-order chi connectivity index (χ1) is 13.4. The first-order valence-corrected chi connectivity index (χ1v) is 9.40. The average Bonchev–Trinajstić information content (AvgIpc) is 2.96. The van der Waals surface area contributed by atoms with E-state index in [1.165, 1.54) is 23.8 Å². The summed E-state index contributed by atoms with van der Waals surface area (Å²) in [6, 6.07) is 12.0. The SMILES string of the molecule is COC(=O)c1ccc(N=C2S/C(=C\c3ccc(OC)c(Cl)c3)C(=O)N2C)cc1. The van der Waals surface area contributed by atoms with Crippen molar-refractivity contribution in [1.29, 1.82) is 0 Å². The zero-order chi connectivity index (χ0) is 20.3. The van der Waals surface area contributed by atoms with E-state index in [9.17, 15) is 9.59 Å². The zero-order valence-corrected chi connectivity index (χ0v) is 17.0. The average molecular weight is 417 g/mol. The van der Waals surface area contributed by atoms with Crippen LogP contribution in [0.2, 0.25) is 5.02 Å². The largest absolute Gasteiger partial charge is 0.495 e. The van der Waals surface area contributed by atoms with Crippen LogP contribution in [0.4, 0.5) is 5.69 Å². The zero-order valence-electron chi connectivity index (χ0n) is 15.4. The number of esters is 1. The van der Waals surface area contributed by atoms with Crippen molar-refractivity contribution in [2.75, 3.05) is 21.3 Å². The van der Waals surface area contributed by atoms with Crippen LogP contribution in [0.3, 0.4) is 0 Å². The highest BCUT2D eigenvalue weighted by atomic mass is 35.5. The van der Waals surface area contributed by atoms with Crippen molar-refractivity contribution in [3.05, 3.63) is 63.5 Å². The van der Waals surface area contributed by atoms with Crippen LogP contribution >= 0.6 is 23.4 Å². The van der Waals surface area contributed by atoms with Gasteiger partial charge in [-0.3, -0.25) is 9.69 Å². The smallest absolute Gasteiger partial charge is 0.337 e. The van der Waals surface area contributed by atoms with E-state index in [4.69, 9.17) is 16.3 Å². The molecule has 1 fully saturated rings. The van der Waals surface area contributed by atoms with Crippen LogP contribution in [0.25, 0.3) is 6.08 Å². The van der Waals surface area contributed by atoms with Crippen molar-refractivity contribution in [2.24, 2.45) is 4.99 Å². The maximum Gasteiger partial charge on any atom is 0.337 e. The molecular weight excluding hydrogens is 400 g/mol. The van der Waals surface area contributed by atoms with Crippen LogP contribution in [0.1, 0.15) is 15.9 Å². The highest BCUT2D eigenvalue weighted by Crippen LogP contribution is 2.34. The Morgan fingerprint density at radius 3 is 2.50 bits per heavy atom. The van der Waals surface area contributed by atoms with Crippen molar-refractivity contribution >= 4 is 52.2 Å². The molecule has 2 aromatic rings. The molecular formula is C20H17ClN2O4S. The van der Waals surface area contributed by atoms with Gasteiger partial charge >= 0.3 is 5.97 Å². The second kappa shape index (κ2) is 8.50. The fourth-order valence-corrected chi connectivity index (χ4v) is 3.73. The lowest BCUT2D eigenvalue weighted by Crippen LogP contribution is -2.23. The molecule has 0 radical (unpaired) electrons. The Morgan fingerprint density at radius 2 is 1.89 bits per heavy atom. The van der Waals surface area contributed by atoms with Crippen molar-refractivity contribution in [3.63, 3.8) is 0 Å². The van der Waals surface area contributed by atoms with E-state index in [1.54, 1.807) is 56.6 Å². The lowest BCUT2D eigenvalue weighted by molar-refractivity contribution is -0.121. The number of carbonyl (C=O) groups excluding carboxylic acids is 2. The summed E-state index contributed by atoms with van der Waals surface area (Å²) < 4.78 is 9.82. The predicted octanol–water partition coefficient (Wildman–Crippen LogP) is 4.37. The van der Waals surface area contributed by atoms with Gasteiger partial charge in [0.2, 0.25) is 0 Å². The van der Waals surface area contributed by atoms with E-state index in [-0.39, 0.29) is 5.91 Å². The highest BCUT2D eigenvalue weighted by Gasteiger charge is 2.30. The molecule has 1 heterocycles. The molecule has 0 N–H and O–H groups in total. The quantitative estimate of drug-likeness (QED) is 0.547. The van der Waals surface area contributed by atoms with Gasteiger partial charge in [0, 0.05) is 7.05 Å². The standard InChI is InChI=1S/C20H17ClN2O4S/c1-23-18(24)17(11-12-4-9-16(26-2)15(21)10-12)28-20(23)22-14-7-5-13(6-8-14)19(25)27-3/h4-11H,1-3H3/b17-11-,22-20?. The Morgan fingerprint density at radius 1 is 1.18 bits per heavy atom. The molecule has 8 heteroatoms. The van der Waals surface area contributed by atoms with Crippen LogP contribution < -0.4 is 4.74 Å². The van der Waals surface area contributed by atoms with Gasteiger partial charge in [-0.15, -0.1) is 0 Å². The fraction of sp³-hybridized carbons (Fsp3) is 0.150. The van der Waals surface area contributed by atoms with Crippen molar-refractivity contribution in [3.8, 4) is 5.75 Å². The number of hydrogen-bond donors (Lipinski definition) is 0. The Balaban J connectivity index is 1.83. The number of likely N-dealkylation sites (N-methyl/N-ethyl adjacent to an activating group) is 1. The number of nitrogens with zero attached hydrogens (tertiary/aromatic N) is 2. The maximum atomic E-state index is 12.5. The molecule has 0 aliphatic carbocycles. The summed E-state index contributed by atoms with van der Waals surface area (Å²) in [5.74, 6) is 0.0102. The van der Waals surface area contributed by atoms with Crippen LogP contribution in [-0.2, 0) is 9.53 Å². The molecule has 1 aliphatic heterocycles. The van der Waals surface area contributed by atoms with E-state index in [2.05, 4.69) is 9.73 Å². The van der Waals surface area contributed by atoms with E-state index in [1.807, 2.05) is 6.07 Å². The number of hydrogen-bond acceptors (Lipinski definition) is 6. The summed E-state index contributed by atoms with van der Waals surface area (Å²) in [5, 5.41) is 1.02. The summed E-state index contributed by atoms with van der Waals surface area (Å²) in [6.45, 7) is 0. The third-order valence-electron chi connectivity index (χ3n) is 3.99. The number of rotatable bonds is 4. The van der Waals surface area contributed by atoms with Crippen LogP contribution in [0.15, 0.2) is 52.4 Å². The van der Waals surface area contributed by atoms with Gasteiger partial charge < -0.3 is 9.47 Å². The number of carbonyl (C=O) groups is 2. The summed E-state index contributed by atoms with van der Waals surface area (Å²) in [5.41, 5.74) is 1.86. The maximum absolute atomic E-state index is 12.5. The van der Waals surface area contributed by atoms with E-state index in [0.29, 0.717) is 32.1 Å². The normalized spacial score (nSPS) is 16.7. The highest BCUT2D eigenvalue weighted by molar-refractivity contribution is 8.18. The van der Waals surface area contributed by atoms with Gasteiger partial charge in [0.1, 0.15) is 5.75 Å².